The predicted molar refractivity (Wildman–Crippen MR) is 70.0 cm³/mol. The maximum atomic E-state index is 3.66. The van der Waals surface area contributed by atoms with E-state index in [0.717, 1.165) is 6.54 Å². The molecule has 0 amide bonds. The number of hydrogen-bond acceptors (Lipinski definition) is 2. The van der Waals surface area contributed by atoms with Crippen LogP contribution in [0.25, 0.3) is 0 Å². The minimum Gasteiger partial charge on any atom is -0.374 e. The maximum Gasteiger partial charge on any atom is 0.0412 e. The molecular weight excluding hydrogens is 196 g/mol. The first kappa shape index (κ1) is 11.5. The Hall–Kier alpha value is -1.02. The van der Waals surface area contributed by atoms with E-state index in [1.54, 1.807) is 0 Å². The molecule has 0 spiro atoms. The number of hydrogen-bond donors (Lipinski definition) is 1. The SMILES string of the molecule is CCCNC1CCCN(C)c2ccccc21. The molecule has 0 fully saturated rings. The van der Waals surface area contributed by atoms with Crippen LogP contribution in [-0.2, 0) is 0 Å². The largest absolute Gasteiger partial charge is 0.374 e. The summed E-state index contributed by atoms with van der Waals surface area (Å²) in [5, 5.41) is 3.66. The van der Waals surface area contributed by atoms with Crippen molar-refractivity contribution in [1.82, 2.24) is 5.32 Å². The lowest BCUT2D eigenvalue weighted by Gasteiger charge is -2.22. The second-order valence-electron chi connectivity index (χ2n) is 4.63. The van der Waals surface area contributed by atoms with E-state index in [1.165, 1.54) is 37.1 Å². The van der Waals surface area contributed by atoms with Gasteiger partial charge in [0, 0.05) is 25.3 Å². The van der Waals surface area contributed by atoms with Gasteiger partial charge in [-0.1, -0.05) is 25.1 Å². The average Bonchev–Trinajstić information content (AvgIpc) is 2.47. The van der Waals surface area contributed by atoms with Crippen molar-refractivity contribution in [3.8, 4) is 0 Å². The van der Waals surface area contributed by atoms with E-state index in [9.17, 15) is 0 Å². The Morgan fingerprint density at radius 3 is 3.00 bits per heavy atom. The third-order valence-corrected chi connectivity index (χ3v) is 3.35. The molecule has 2 rings (SSSR count). The van der Waals surface area contributed by atoms with Gasteiger partial charge in [-0.3, -0.25) is 0 Å². The Morgan fingerprint density at radius 1 is 1.38 bits per heavy atom. The fourth-order valence-electron chi connectivity index (χ4n) is 2.47. The number of nitrogens with zero attached hydrogens (tertiary/aromatic N) is 1. The van der Waals surface area contributed by atoms with Crippen molar-refractivity contribution in [2.24, 2.45) is 0 Å². The van der Waals surface area contributed by atoms with Crippen LogP contribution in [0.4, 0.5) is 5.69 Å². The highest BCUT2D eigenvalue weighted by molar-refractivity contribution is 5.55. The van der Waals surface area contributed by atoms with E-state index >= 15 is 0 Å². The van der Waals surface area contributed by atoms with E-state index in [2.05, 4.69) is 48.5 Å². The summed E-state index contributed by atoms with van der Waals surface area (Å²) in [5.41, 5.74) is 2.87. The molecule has 0 saturated carbocycles. The molecule has 0 aliphatic carbocycles. The molecule has 16 heavy (non-hydrogen) atoms. The number of benzene rings is 1. The maximum absolute atomic E-state index is 3.66. The van der Waals surface area contributed by atoms with Gasteiger partial charge in [-0.15, -0.1) is 0 Å². The van der Waals surface area contributed by atoms with E-state index in [1.807, 2.05) is 0 Å². The lowest BCUT2D eigenvalue weighted by molar-refractivity contribution is 0.496. The van der Waals surface area contributed by atoms with E-state index in [-0.39, 0.29) is 0 Å². The summed E-state index contributed by atoms with van der Waals surface area (Å²) in [4.78, 5) is 2.38. The normalized spacial score (nSPS) is 20.4. The molecule has 0 aromatic heterocycles. The van der Waals surface area contributed by atoms with E-state index < -0.39 is 0 Å². The van der Waals surface area contributed by atoms with Crippen molar-refractivity contribution in [3.63, 3.8) is 0 Å². The fraction of sp³-hybridized carbons (Fsp3) is 0.571. The zero-order valence-electron chi connectivity index (χ0n) is 10.4. The molecule has 1 aliphatic heterocycles. The van der Waals surface area contributed by atoms with Gasteiger partial charge >= 0.3 is 0 Å². The summed E-state index contributed by atoms with van der Waals surface area (Å²) < 4.78 is 0. The second kappa shape index (κ2) is 5.35. The monoisotopic (exact) mass is 218 g/mol. The zero-order valence-corrected chi connectivity index (χ0v) is 10.4. The van der Waals surface area contributed by atoms with Crippen molar-refractivity contribution < 1.29 is 0 Å². The van der Waals surface area contributed by atoms with Gasteiger partial charge in [0.1, 0.15) is 0 Å². The summed E-state index contributed by atoms with van der Waals surface area (Å²) in [6, 6.07) is 9.34. The quantitative estimate of drug-likeness (QED) is 0.839. The Kier molecular flexibility index (Phi) is 3.83. The van der Waals surface area contributed by atoms with Crippen molar-refractivity contribution in [2.75, 3.05) is 25.0 Å². The first-order chi connectivity index (χ1) is 7.83. The van der Waals surface area contributed by atoms with Gasteiger partial charge in [0.15, 0.2) is 0 Å². The molecule has 1 aromatic rings. The topological polar surface area (TPSA) is 15.3 Å². The van der Waals surface area contributed by atoms with Gasteiger partial charge < -0.3 is 10.2 Å². The molecule has 1 unspecified atom stereocenters. The van der Waals surface area contributed by atoms with Gasteiger partial charge in [-0.05, 0) is 37.4 Å². The summed E-state index contributed by atoms with van der Waals surface area (Å²) >= 11 is 0. The van der Waals surface area contributed by atoms with Crippen molar-refractivity contribution in [2.45, 2.75) is 32.2 Å². The molecule has 0 saturated heterocycles. The molecule has 1 heterocycles. The van der Waals surface area contributed by atoms with E-state index in [4.69, 9.17) is 0 Å². The molecule has 1 atom stereocenters. The minimum atomic E-state index is 0.543. The Labute approximate surface area is 98.7 Å². The first-order valence-corrected chi connectivity index (χ1v) is 6.36. The smallest absolute Gasteiger partial charge is 0.0412 e. The van der Waals surface area contributed by atoms with Crippen LogP contribution in [0.3, 0.4) is 0 Å². The predicted octanol–water partition coefficient (Wildman–Crippen LogP) is 2.96. The number of nitrogens with one attached hydrogen (secondary N) is 1. The van der Waals surface area contributed by atoms with Crippen LogP contribution in [0, 0.1) is 0 Å². The number of para-hydroxylation sites is 1. The number of anilines is 1. The van der Waals surface area contributed by atoms with Crippen molar-refractivity contribution >= 4 is 5.69 Å². The van der Waals surface area contributed by atoms with Crippen LogP contribution in [0.5, 0.6) is 0 Å². The molecule has 2 nitrogen and oxygen atoms in total. The molecule has 88 valence electrons. The zero-order chi connectivity index (χ0) is 11.4. The standard InChI is InChI=1S/C14H22N2/c1-3-10-15-13-8-6-11-16(2)14-9-5-4-7-12(13)14/h4-5,7,9,13,15H,3,6,8,10-11H2,1-2H3. The summed E-state index contributed by atoms with van der Waals surface area (Å²) in [6.45, 7) is 4.51. The third-order valence-electron chi connectivity index (χ3n) is 3.35. The van der Waals surface area contributed by atoms with Crippen molar-refractivity contribution in [1.29, 1.82) is 0 Å². The van der Waals surface area contributed by atoms with Crippen LogP contribution >= 0.6 is 0 Å². The third kappa shape index (κ3) is 2.38. The highest BCUT2D eigenvalue weighted by atomic mass is 15.1. The molecule has 1 aliphatic rings. The van der Waals surface area contributed by atoms with Gasteiger partial charge in [0.25, 0.3) is 0 Å². The van der Waals surface area contributed by atoms with Gasteiger partial charge in [-0.2, -0.15) is 0 Å². The number of fused-ring (bicyclic) bond motifs is 1. The second-order valence-corrected chi connectivity index (χ2v) is 4.63. The fourth-order valence-corrected chi connectivity index (χ4v) is 2.47. The van der Waals surface area contributed by atoms with Crippen molar-refractivity contribution in [3.05, 3.63) is 29.8 Å². The van der Waals surface area contributed by atoms with Gasteiger partial charge in [0.2, 0.25) is 0 Å². The van der Waals surface area contributed by atoms with Gasteiger partial charge in [-0.25, -0.2) is 0 Å². The Bertz CT molecular complexity index is 335. The summed E-state index contributed by atoms with van der Waals surface area (Å²) in [6.07, 6.45) is 3.72. The first-order valence-electron chi connectivity index (χ1n) is 6.36. The minimum absolute atomic E-state index is 0.543. The summed E-state index contributed by atoms with van der Waals surface area (Å²) in [7, 11) is 2.20. The molecule has 0 bridgehead atoms. The molecular formula is C14H22N2. The number of rotatable bonds is 3. The average molecular weight is 218 g/mol. The lowest BCUT2D eigenvalue weighted by atomic mass is 10.0. The highest BCUT2D eigenvalue weighted by Gasteiger charge is 2.19. The van der Waals surface area contributed by atoms with Crippen LogP contribution in [0.1, 0.15) is 37.8 Å². The Morgan fingerprint density at radius 2 is 2.19 bits per heavy atom. The molecule has 2 heteroatoms. The lowest BCUT2D eigenvalue weighted by Crippen LogP contribution is -2.22. The molecule has 1 aromatic carbocycles. The van der Waals surface area contributed by atoms with Crippen LogP contribution in [0.15, 0.2) is 24.3 Å². The van der Waals surface area contributed by atoms with Crippen LogP contribution < -0.4 is 10.2 Å². The summed E-state index contributed by atoms with van der Waals surface area (Å²) in [5.74, 6) is 0. The van der Waals surface area contributed by atoms with E-state index in [0.29, 0.717) is 6.04 Å². The highest BCUT2D eigenvalue weighted by Crippen LogP contribution is 2.31. The van der Waals surface area contributed by atoms with Crippen LogP contribution in [0.2, 0.25) is 0 Å². The van der Waals surface area contributed by atoms with Gasteiger partial charge in [0.05, 0.1) is 0 Å². The Balaban J connectivity index is 2.24. The van der Waals surface area contributed by atoms with Crippen LogP contribution in [-0.4, -0.2) is 20.1 Å². The molecule has 0 radical (unpaired) electrons. The molecule has 1 N–H and O–H groups in total.